The molecule has 22 heavy (non-hydrogen) atoms. The second-order valence-corrected chi connectivity index (χ2v) is 5.24. The fraction of sp³-hybridized carbons (Fsp3) is 0.375. The first kappa shape index (κ1) is 18.7. The number of carbonyl (C=O) groups is 1. The van der Waals surface area contributed by atoms with Gasteiger partial charge in [-0.05, 0) is 32.0 Å². The number of carbonyl (C=O) groups excluding carboxylic acids is 1. The van der Waals surface area contributed by atoms with Crippen LogP contribution in [0.2, 0.25) is 0 Å². The minimum atomic E-state index is 0. The van der Waals surface area contributed by atoms with Gasteiger partial charge in [0.15, 0.2) is 0 Å². The van der Waals surface area contributed by atoms with E-state index in [1.54, 1.807) is 0 Å². The van der Waals surface area contributed by atoms with Crippen LogP contribution in [-0.4, -0.2) is 42.0 Å². The summed E-state index contributed by atoms with van der Waals surface area (Å²) in [6, 6.07) is 12.2. The standard InChI is InChI=1S/C16H19N3O.2ClH/c1-17-13-8-10-19(11-9-13)16(20)15-7-6-12-4-2-3-5-14(12)18-15;;/h2-7,13,17H,8-11H2,1H3;2*1H. The minimum absolute atomic E-state index is 0. The summed E-state index contributed by atoms with van der Waals surface area (Å²) in [5.74, 6) is 0.0466. The van der Waals surface area contributed by atoms with Gasteiger partial charge in [0.05, 0.1) is 5.52 Å². The number of hydrogen-bond acceptors (Lipinski definition) is 3. The molecule has 1 saturated heterocycles. The lowest BCUT2D eigenvalue weighted by Crippen LogP contribution is -2.44. The molecule has 1 aliphatic rings. The molecular weight excluding hydrogens is 321 g/mol. The molecule has 0 unspecified atom stereocenters. The molecule has 0 aliphatic carbocycles. The number of hydrogen-bond donors (Lipinski definition) is 1. The Morgan fingerprint density at radius 2 is 1.82 bits per heavy atom. The topological polar surface area (TPSA) is 45.2 Å². The Bertz CT molecular complexity index is 628. The second-order valence-electron chi connectivity index (χ2n) is 5.24. The monoisotopic (exact) mass is 341 g/mol. The van der Waals surface area contributed by atoms with Crippen LogP contribution in [0.3, 0.4) is 0 Å². The number of halogens is 2. The molecule has 2 heterocycles. The smallest absolute Gasteiger partial charge is 0.272 e. The predicted molar refractivity (Wildman–Crippen MR) is 94.2 cm³/mol. The van der Waals surface area contributed by atoms with E-state index in [2.05, 4.69) is 10.3 Å². The number of pyridine rings is 1. The van der Waals surface area contributed by atoms with Gasteiger partial charge in [-0.3, -0.25) is 4.79 Å². The number of amides is 1. The fourth-order valence-electron chi connectivity index (χ4n) is 2.72. The van der Waals surface area contributed by atoms with Crippen LogP contribution in [0, 0.1) is 0 Å². The van der Waals surface area contributed by atoms with Crippen molar-refractivity contribution in [2.75, 3.05) is 20.1 Å². The molecule has 0 spiro atoms. The summed E-state index contributed by atoms with van der Waals surface area (Å²) in [6.07, 6.45) is 2.02. The maximum Gasteiger partial charge on any atom is 0.272 e. The number of piperidine rings is 1. The van der Waals surface area contributed by atoms with Crippen molar-refractivity contribution in [2.24, 2.45) is 0 Å². The molecular formula is C16H21Cl2N3O. The number of nitrogens with one attached hydrogen (secondary N) is 1. The minimum Gasteiger partial charge on any atom is -0.337 e. The van der Waals surface area contributed by atoms with Gasteiger partial charge in [-0.1, -0.05) is 24.3 Å². The van der Waals surface area contributed by atoms with Crippen molar-refractivity contribution in [3.63, 3.8) is 0 Å². The van der Waals surface area contributed by atoms with Crippen molar-refractivity contribution >= 4 is 41.6 Å². The summed E-state index contributed by atoms with van der Waals surface area (Å²) >= 11 is 0. The van der Waals surface area contributed by atoms with Crippen molar-refractivity contribution in [1.82, 2.24) is 15.2 Å². The van der Waals surface area contributed by atoms with Crippen LogP contribution in [0.1, 0.15) is 23.3 Å². The highest BCUT2D eigenvalue weighted by atomic mass is 35.5. The first-order valence-corrected chi connectivity index (χ1v) is 7.10. The van der Waals surface area contributed by atoms with Crippen molar-refractivity contribution in [3.05, 3.63) is 42.1 Å². The lowest BCUT2D eigenvalue weighted by molar-refractivity contribution is 0.0702. The van der Waals surface area contributed by atoms with Crippen LogP contribution < -0.4 is 5.32 Å². The zero-order valence-corrected chi connectivity index (χ0v) is 14.1. The third-order valence-electron chi connectivity index (χ3n) is 4.01. The molecule has 2 aromatic rings. The Morgan fingerprint density at radius 3 is 2.50 bits per heavy atom. The molecule has 4 nitrogen and oxygen atoms in total. The van der Waals surface area contributed by atoms with Gasteiger partial charge in [-0.25, -0.2) is 4.98 Å². The van der Waals surface area contributed by atoms with E-state index in [1.165, 1.54) is 0 Å². The van der Waals surface area contributed by atoms with Gasteiger partial charge in [-0.2, -0.15) is 0 Å². The lowest BCUT2D eigenvalue weighted by atomic mass is 10.0. The summed E-state index contributed by atoms with van der Waals surface area (Å²) in [5.41, 5.74) is 1.43. The summed E-state index contributed by atoms with van der Waals surface area (Å²) in [7, 11) is 1.98. The number of fused-ring (bicyclic) bond motifs is 1. The van der Waals surface area contributed by atoms with E-state index in [0.29, 0.717) is 11.7 Å². The number of aromatic nitrogens is 1. The maximum atomic E-state index is 12.5. The van der Waals surface area contributed by atoms with Gasteiger partial charge >= 0.3 is 0 Å². The number of benzene rings is 1. The van der Waals surface area contributed by atoms with E-state index in [0.717, 1.165) is 36.8 Å². The summed E-state index contributed by atoms with van der Waals surface area (Å²) in [5, 5.41) is 4.34. The highest BCUT2D eigenvalue weighted by Gasteiger charge is 2.23. The highest BCUT2D eigenvalue weighted by molar-refractivity contribution is 5.95. The molecule has 1 aromatic heterocycles. The van der Waals surface area contributed by atoms with Gasteiger partial charge in [0.1, 0.15) is 5.69 Å². The van der Waals surface area contributed by atoms with E-state index < -0.39 is 0 Å². The van der Waals surface area contributed by atoms with Crippen molar-refractivity contribution in [1.29, 1.82) is 0 Å². The molecule has 6 heteroatoms. The first-order valence-electron chi connectivity index (χ1n) is 7.10. The van der Waals surface area contributed by atoms with Gasteiger partial charge in [-0.15, -0.1) is 24.8 Å². The molecule has 0 saturated carbocycles. The van der Waals surface area contributed by atoms with Gasteiger partial charge < -0.3 is 10.2 Å². The van der Waals surface area contributed by atoms with Crippen LogP contribution in [0.5, 0.6) is 0 Å². The first-order chi connectivity index (χ1) is 9.78. The molecule has 3 rings (SSSR count). The number of para-hydroxylation sites is 1. The van der Waals surface area contributed by atoms with E-state index in [4.69, 9.17) is 0 Å². The Morgan fingerprint density at radius 1 is 1.14 bits per heavy atom. The largest absolute Gasteiger partial charge is 0.337 e. The quantitative estimate of drug-likeness (QED) is 0.913. The Hall–Kier alpha value is -1.36. The number of nitrogens with zero attached hydrogens (tertiary/aromatic N) is 2. The summed E-state index contributed by atoms with van der Waals surface area (Å²) < 4.78 is 0. The summed E-state index contributed by atoms with van der Waals surface area (Å²) in [4.78, 5) is 18.9. The Labute approximate surface area is 143 Å². The average molecular weight is 342 g/mol. The van der Waals surface area contributed by atoms with Crippen LogP contribution >= 0.6 is 24.8 Å². The van der Waals surface area contributed by atoms with Crippen molar-refractivity contribution < 1.29 is 4.79 Å². The van der Waals surface area contributed by atoms with Crippen LogP contribution in [0.4, 0.5) is 0 Å². The van der Waals surface area contributed by atoms with Crippen molar-refractivity contribution in [2.45, 2.75) is 18.9 Å². The number of likely N-dealkylation sites (tertiary alicyclic amines) is 1. The average Bonchev–Trinajstić information content (AvgIpc) is 2.54. The van der Waals surface area contributed by atoms with E-state index in [1.807, 2.05) is 48.3 Å². The molecule has 1 aliphatic heterocycles. The molecule has 1 amide bonds. The highest BCUT2D eigenvalue weighted by Crippen LogP contribution is 2.16. The van der Waals surface area contributed by atoms with E-state index >= 15 is 0 Å². The molecule has 0 radical (unpaired) electrons. The van der Waals surface area contributed by atoms with Gasteiger partial charge in [0, 0.05) is 24.5 Å². The molecule has 1 fully saturated rings. The zero-order chi connectivity index (χ0) is 13.9. The SMILES string of the molecule is CNC1CCN(C(=O)c2ccc3ccccc3n2)CC1.Cl.Cl. The van der Waals surface area contributed by atoms with Crippen LogP contribution in [0.25, 0.3) is 10.9 Å². The second kappa shape index (κ2) is 8.32. The predicted octanol–water partition coefficient (Wildman–Crippen LogP) is 2.90. The third kappa shape index (κ3) is 3.88. The lowest BCUT2D eigenvalue weighted by Gasteiger charge is -2.31. The third-order valence-corrected chi connectivity index (χ3v) is 4.01. The Kier molecular flexibility index (Phi) is 7.07. The summed E-state index contributed by atoms with van der Waals surface area (Å²) in [6.45, 7) is 1.61. The Balaban J connectivity index is 0.00000121. The maximum absolute atomic E-state index is 12.5. The molecule has 0 bridgehead atoms. The van der Waals surface area contributed by atoms with Crippen LogP contribution in [-0.2, 0) is 0 Å². The van der Waals surface area contributed by atoms with Gasteiger partial charge in [0.25, 0.3) is 5.91 Å². The van der Waals surface area contributed by atoms with Crippen molar-refractivity contribution in [3.8, 4) is 0 Å². The molecule has 1 N–H and O–H groups in total. The normalized spacial score (nSPS) is 15.0. The van der Waals surface area contributed by atoms with E-state index in [9.17, 15) is 4.79 Å². The molecule has 0 atom stereocenters. The molecule has 1 aromatic carbocycles. The van der Waals surface area contributed by atoms with Crippen LogP contribution in [0.15, 0.2) is 36.4 Å². The van der Waals surface area contributed by atoms with E-state index in [-0.39, 0.29) is 30.7 Å². The fourth-order valence-corrected chi connectivity index (χ4v) is 2.72. The zero-order valence-electron chi connectivity index (χ0n) is 12.5. The number of rotatable bonds is 2. The molecule has 120 valence electrons. The van der Waals surface area contributed by atoms with Gasteiger partial charge in [0.2, 0.25) is 0 Å².